The van der Waals surface area contributed by atoms with Crippen molar-refractivity contribution in [3.8, 4) is 0 Å². The van der Waals surface area contributed by atoms with E-state index in [2.05, 4.69) is 5.48 Å². The van der Waals surface area contributed by atoms with E-state index in [9.17, 15) is 4.79 Å². The van der Waals surface area contributed by atoms with Crippen LogP contribution < -0.4 is 5.48 Å². The van der Waals surface area contributed by atoms with E-state index in [1.165, 1.54) is 6.42 Å². The molecule has 0 spiro atoms. The van der Waals surface area contributed by atoms with Crippen molar-refractivity contribution in [1.82, 2.24) is 5.48 Å². The fourth-order valence-corrected chi connectivity index (χ4v) is 1.63. The number of carbonyl (C=O) groups excluding carboxylic acids is 1. The first-order valence-electron chi connectivity index (χ1n) is 5.84. The Morgan fingerprint density at radius 1 is 1.44 bits per heavy atom. The number of hydroxylamine groups is 1. The van der Waals surface area contributed by atoms with Gasteiger partial charge in [0.15, 0.2) is 0 Å². The molecule has 1 fully saturated rings. The van der Waals surface area contributed by atoms with Crippen LogP contribution in [-0.2, 0) is 19.1 Å². The van der Waals surface area contributed by atoms with Crippen molar-refractivity contribution in [2.24, 2.45) is 0 Å². The lowest BCUT2D eigenvalue weighted by molar-refractivity contribution is -0.135. The summed E-state index contributed by atoms with van der Waals surface area (Å²) in [4.78, 5) is 16.2. The van der Waals surface area contributed by atoms with Gasteiger partial charge in [0.05, 0.1) is 19.3 Å². The summed E-state index contributed by atoms with van der Waals surface area (Å²) in [5.74, 6) is -0.0923. The van der Waals surface area contributed by atoms with Crippen LogP contribution in [0.4, 0.5) is 0 Å². The Kier molecular flexibility index (Phi) is 7.12. The standard InChI is InChI=1S/C11H21NO4/c1-14-8-9-16-12-11(13)6-5-10-4-2-3-7-15-10/h10H,2-9H2,1H3,(H,12,13). The van der Waals surface area contributed by atoms with Gasteiger partial charge in [-0.2, -0.15) is 0 Å². The summed E-state index contributed by atoms with van der Waals surface area (Å²) in [7, 11) is 1.59. The molecule has 1 rings (SSSR count). The van der Waals surface area contributed by atoms with Crippen LogP contribution in [0.3, 0.4) is 0 Å². The third kappa shape index (κ3) is 6.05. The van der Waals surface area contributed by atoms with Gasteiger partial charge in [0.2, 0.25) is 5.91 Å². The lowest BCUT2D eigenvalue weighted by atomic mass is 10.0. The Balaban J connectivity index is 1.96. The summed E-state index contributed by atoms with van der Waals surface area (Å²) in [5.41, 5.74) is 2.38. The zero-order valence-corrected chi connectivity index (χ0v) is 9.87. The topological polar surface area (TPSA) is 56.8 Å². The number of methoxy groups -OCH3 is 1. The van der Waals surface area contributed by atoms with Crippen LogP contribution in [0, 0.1) is 0 Å². The molecule has 0 aromatic carbocycles. The van der Waals surface area contributed by atoms with E-state index in [4.69, 9.17) is 14.3 Å². The molecule has 0 bridgehead atoms. The van der Waals surface area contributed by atoms with Crippen molar-refractivity contribution < 1.29 is 19.1 Å². The number of carbonyl (C=O) groups is 1. The van der Waals surface area contributed by atoms with Crippen molar-refractivity contribution in [3.05, 3.63) is 0 Å². The molecular formula is C11H21NO4. The minimum Gasteiger partial charge on any atom is -0.382 e. The number of hydrogen-bond donors (Lipinski definition) is 1. The lowest BCUT2D eigenvalue weighted by Crippen LogP contribution is -2.27. The largest absolute Gasteiger partial charge is 0.382 e. The molecule has 0 saturated carbocycles. The molecule has 16 heavy (non-hydrogen) atoms. The second-order valence-electron chi connectivity index (χ2n) is 3.89. The minimum atomic E-state index is -0.0923. The zero-order chi connectivity index (χ0) is 11.6. The fourth-order valence-electron chi connectivity index (χ4n) is 1.63. The molecule has 0 radical (unpaired) electrons. The summed E-state index contributed by atoms with van der Waals surface area (Å²) in [6, 6.07) is 0. The molecule has 0 aliphatic carbocycles. The van der Waals surface area contributed by atoms with Gasteiger partial charge in [0, 0.05) is 20.1 Å². The highest BCUT2D eigenvalue weighted by Gasteiger charge is 2.15. The van der Waals surface area contributed by atoms with Crippen LogP contribution in [-0.4, -0.2) is 38.9 Å². The highest BCUT2D eigenvalue weighted by molar-refractivity contribution is 5.74. The molecule has 0 aromatic heterocycles. The predicted molar refractivity (Wildman–Crippen MR) is 58.8 cm³/mol. The smallest absolute Gasteiger partial charge is 0.243 e. The van der Waals surface area contributed by atoms with E-state index in [0.29, 0.717) is 19.6 Å². The van der Waals surface area contributed by atoms with E-state index in [0.717, 1.165) is 25.9 Å². The Morgan fingerprint density at radius 3 is 3.00 bits per heavy atom. The Labute approximate surface area is 96.4 Å². The molecule has 94 valence electrons. The number of nitrogens with one attached hydrogen (secondary N) is 1. The first-order chi connectivity index (χ1) is 7.83. The number of amides is 1. The Hall–Kier alpha value is -0.650. The van der Waals surface area contributed by atoms with E-state index in [-0.39, 0.29) is 12.0 Å². The Morgan fingerprint density at radius 2 is 2.31 bits per heavy atom. The molecule has 1 N–H and O–H groups in total. The van der Waals surface area contributed by atoms with Gasteiger partial charge < -0.3 is 9.47 Å². The quantitative estimate of drug-likeness (QED) is 0.525. The molecule has 1 unspecified atom stereocenters. The normalized spacial score (nSPS) is 20.7. The minimum absolute atomic E-state index is 0.0923. The molecule has 1 aliphatic rings. The predicted octanol–water partition coefficient (Wildman–Crippen LogP) is 1.03. The third-order valence-corrected chi connectivity index (χ3v) is 2.54. The molecule has 5 heteroatoms. The molecule has 1 heterocycles. The van der Waals surface area contributed by atoms with E-state index >= 15 is 0 Å². The second kappa shape index (κ2) is 8.50. The maximum atomic E-state index is 11.3. The van der Waals surface area contributed by atoms with Crippen LogP contribution in [0.15, 0.2) is 0 Å². The zero-order valence-electron chi connectivity index (χ0n) is 9.87. The highest BCUT2D eigenvalue weighted by atomic mass is 16.7. The highest BCUT2D eigenvalue weighted by Crippen LogP contribution is 2.16. The maximum Gasteiger partial charge on any atom is 0.243 e. The number of rotatable bonds is 7. The lowest BCUT2D eigenvalue weighted by Gasteiger charge is -2.22. The molecule has 0 aromatic rings. The average Bonchev–Trinajstić information content (AvgIpc) is 2.33. The molecule has 1 saturated heterocycles. The monoisotopic (exact) mass is 231 g/mol. The fraction of sp³-hybridized carbons (Fsp3) is 0.909. The van der Waals surface area contributed by atoms with Crippen LogP contribution in [0.2, 0.25) is 0 Å². The Bertz CT molecular complexity index is 192. The van der Waals surface area contributed by atoms with Gasteiger partial charge in [-0.1, -0.05) is 0 Å². The molecule has 1 amide bonds. The van der Waals surface area contributed by atoms with E-state index < -0.39 is 0 Å². The van der Waals surface area contributed by atoms with Crippen molar-refractivity contribution >= 4 is 5.91 Å². The van der Waals surface area contributed by atoms with Crippen molar-refractivity contribution in [2.75, 3.05) is 26.9 Å². The first-order valence-corrected chi connectivity index (χ1v) is 5.84. The maximum absolute atomic E-state index is 11.3. The average molecular weight is 231 g/mol. The summed E-state index contributed by atoms with van der Waals surface area (Å²) in [5, 5.41) is 0. The first kappa shape index (κ1) is 13.4. The van der Waals surface area contributed by atoms with Gasteiger partial charge in [0.1, 0.15) is 0 Å². The van der Waals surface area contributed by atoms with Crippen LogP contribution >= 0.6 is 0 Å². The van der Waals surface area contributed by atoms with Crippen LogP contribution in [0.25, 0.3) is 0 Å². The SMILES string of the molecule is COCCONC(=O)CCC1CCCCO1. The summed E-state index contributed by atoms with van der Waals surface area (Å²) >= 11 is 0. The van der Waals surface area contributed by atoms with Crippen LogP contribution in [0.1, 0.15) is 32.1 Å². The molecule has 1 atom stereocenters. The second-order valence-corrected chi connectivity index (χ2v) is 3.89. The van der Waals surface area contributed by atoms with E-state index in [1.54, 1.807) is 7.11 Å². The molecular weight excluding hydrogens is 210 g/mol. The summed E-state index contributed by atoms with van der Waals surface area (Å²) < 4.78 is 10.3. The van der Waals surface area contributed by atoms with Crippen molar-refractivity contribution in [2.45, 2.75) is 38.2 Å². The van der Waals surface area contributed by atoms with Crippen molar-refractivity contribution in [1.29, 1.82) is 0 Å². The van der Waals surface area contributed by atoms with Gasteiger partial charge in [-0.3, -0.25) is 9.63 Å². The van der Waals surface area contributed by atoms with Crippen molar-refractivity contribution in [3.63, 3.8) is 0 Å². The summed E-state index contributed by atoms with van der Waals surface area (Å²) in [6.45, 7) is 1.69. The van der Waals surface area contributed by atoms with Gasteiger partial charge in [0.25, 0.3) is 0 Å². The van der Waals surface area contributed by atoms with E-state index in [1.807, 2.05) is 0 Å². The third-order valence-electron chi connectivity index (χ3n) is 2.54. The van der Waals surface area contributed by atoms with Gasteiger partial charge >= 0.3 is 0 Å². The van der Waals surface area contributed by atoms with Gasteiger partial charge in [-0.25, -0.2) is 5.48 Å². The van der Waals surface area contributed by atoms with Gasteiger partial charge in [-0.05, 0) is 25.7 Å². The van der Waals surface area contributed by atoms with Crippen LogP contribution in [0.5, 0.6) is 0 Å². The summed E-state index contributed by atoms with van der Waals surface area (Å²) in [6.07, 6.45) is 4.90. The molecule has 5 nitrogen and oxygen atoms in total. The number of hydrogen-bond acceptors (Lipinski definition) is 4. The number of ether oxygens (including phenoxy) is 2. The molecule has 1 aliphatic heterocycles. The van der Waals surface area contributed by atoms with Gasteiger partial charge in [-0.15, -0.1) is 0 Å².